The molecule has 0 aliphatic heterocycles. The van der Waals surface area contributed by atoms with Crippen LogP contribution >= 0.6 is 0 Å². The second-order valence-corrected chi connectivity index (χ2v) is 10.1. The zero-order valence-electron chi connectivity index (χ0n) is 17.4. The Kier molecular flexibility index (Phi) is 6.02. The number of ether oxygens (including phenoxy) is 1. The molecule has 0 aromatic heterocycles. The monoisotopic (exact) mass is 375 g/mol. The zero-order valence-corrected chi connectivity index (χ0v) is 17.4. The van der Waals surface area contributed by atoms with Crippen LogP contribution in [0.15, 0.2) is 12.7 Å². The van der Waals surface area contributed by atoms with Gasteiger partial charge in [-0.05, 0) is 86.5 Å². The average molecular weight is 376 g/mol. The van der Waals surface area contributed by atoms with E-state index in [9.17, 15) is 9.59 Å². The maximum Gasteiger partial charge on any atom is 0.306 e. The van der Waals surface area contributed by atoms with E-state index in [0.29, 0.717) is 36.1 Å². The van der Waals surface area contributed by atoms with Crippen LogP contribution in [-0.4, -0.2) is 24.0 Å². The fourth-order valence-corrected chi connectivity index (χ4v) is 6.57. The Hall–Kier alpha value is -1.32. The van der Waals surface area contributed by atoms with Crippen molar-refractivity contribution >= 4 is 11.9 Å². The van der Waals surface area contributed by atoms with Crippen LogP contribution in [0.3, 0.4) is 0 Å². The van der Waals surface area contributed by atoms with Gasteiger partial charge in [-0.15, -0.1) is 0 Å². The van der Waals surface area contributed by atoms with Crippen LogP contribution in [0.4, 0.5) is 0 Å². The predicted molar refractivity (Wildman–Crippen MR) is 107 cm³/mol. The standard InChI is InChI=1S/C23H37NO3/c1-5-20(25)24-9-7-6-8-21(26)27-23(12-16(2)3)18-10-17-11-19(23)15-22(4,13-17)14-18/h5,16-19H,1,6-15H2,2-4H3,(H,24,25). The largest absolute Gasteiger partial charge is 0.458 e. The minimum atomic E-state index is -0.223. The first kappa shape index (κ1) is 20.4. The summed E-state index contributed by atoms with van der Waals surface area (Å²) < 4.78 is 6.38. The highest BCUT2D eigenvalue weighted by Crippen LogP contribution is 2.65. The third-order valence-electron chi connectivity index (χ3n) is 7.20. The maximum absolute atomic E-state index is 12.7. The topological polar surface area (TPSA) is 55.4 Å². The van der Waals surface area contributed by atoms with E-state index in [4.69, 9.17) is 4.74 Å². The minimum absolute atomic E-state index is 0.0386. The lowest BCUT2D eigenvalue weighted by Crippen LogP contribution is -2.62. The zero-order chi connectivity index (χ0) is 19.7. The number of nitrogens with one attached hydrogen (secondary N) is 1. The molecule has 1 N–H and O–H groups in total. The maximum atomic E-state index is 12.7. The summed E-state index contributed by atoms with van der Waals surface area (Å²) in [4.78, 5) is 23.9. The molecule has 4 aliphatic rings. The number of carbonyl (C=O) groups excluding carboxylic acids is 2. The molecule has 0 radical (unpaired) electrons. The Morgan fingerprint density at radius 2 is 1.85 bits per heavy atom. The van der Waals surface area contributed by atoms with Crippen LogP contribution in [-0.2, 0) is 14.3 Å². The lowest BCUT2D eigenvalue weighted by molar-refractivity contribution is -0.228. The molecule has 0 aromatic rings. The third kappa shape index (κ3) is 4.41. The first-order valence-electron chi connectivity index (χ1n) is 10.9. The van der Waals surface area contributed by atoms with Gasteiger partial charge in [0.1, 0.15) is 5.60 Å². The van der Waals surface area contributed by atoms with E-state index in [0.717, 1.165) is 25.2 Å². The molecule has 4 nitrogen and oxygen atoms in total. The quantitative estimate of drug-likeness (QED) is 0.363. The Bertz CT molecular complexity index is 566. The summed E-state index contributed by atoms with van der Waals surface area (Å²) in [5.74, 6) is 2.29. The summed E-state index contributed by atoms with van der Waals surface area (Å²) in [7, 11) is 0. The number of amides is 1. The lowest BCUT2D eigenvalue weighted by atomic mass is 9.44. The van der Waals surface area contributed by atoms with E-state index >= 15 is 0 Å². The van der Waals surface area contributed by atoms with Crippen molar-refractivity contribution in [3.05, 3.63) is 12.7 Å². The molecular weight excluding hydrogens is 338 g/mol. The number of hydrogen-bond acceptors (Lipinski definition) is 3. The van der Waals surface area contributed by atoms with Gasteiger partial charge in [0.25, 0.3) is 0 Å². The summed E-state index contributed by atoms with van der Waals surface area (Å²) in [6.07, 6.45) is 10.6. The highest BCUT2D eigenvalue weighted by Gasteiger charge is 2.62. The fraction of sp³-hybridized carbons (Fsp3) is 0.826. The van der Waals surface area contributed by atoms with Crippen molar-refractivity contribution in [1.29, 1.82) is 0 Å². The smallest absolute Gasteiger partial charge is 0.306 e. The highest BCUT2D eigenvalue weighted by atomic mass is 16.6. The molecule has 27 heavy (non-hydrogen) atoms. The van der Waals surface area contributed by atoms with E-state index in [1.807, 2.05) is 0 Å². The van der Waals surface area contributed by atoms with E-state index < -0.39 is 0 Å². The Morgan fingerprint density at radius 3 is 2.41 bits per heavy atom. The van der Waals surface area contributed by atoms with Crippen molar-refractivity contribution < 1.29 is 14.3 Å². The van der Waals surface area contributed by atoms with Crippen LogP contribution in [0.1, 0.15) is 78.6 Å². The van der Waals surface area contributed by atoms with E-state index in [-0.39, 0.29) is 17.5 Å². The van der Waals surface area contributed by atoms with Gasteiger partial charge in [0, 0.05) is 13.0 Å². The van der Waals surface area contributed by atoms with E-state index in [2.05, 4.69) is 32.7 Å². The number of carbonyl (C=O) groups is 2. The van der Waals surface area contributed by atoms with E-state index in [1.165, 1.54) is 38.2 Å². The summed E-state index contributed by atoms with van der Waals surface area (Å²) in [6, 6.07) is 0. The third-order valence-corrected chi connectivity index (χ3v) is 7.20. The number of unbranched alkanes of at least 4 members (excludes halogenated alkanes) is 1. The molecule has 4 rings (SSSR count). The van der Waals surface area contributed by atoms with E-state index in [1.54, 1.807) is 0 Å². The Labute approximate surface area is 164 Å². The molecule has 152 valence electrons. The van der Waals surface area contributed by atoms with Crippen molar-refractivity contribution in [3.63, 3.8) is 0 Å². The first-order valence-corrected chi connectivity index (χ1v) is 10.9. The van der Waals surface area contributed by atoms with Crippen molar-refractivity contribution in [2.24, 2.45) is 29.1 Å². The summed E-state index contributed by atoms with van der Waals surface area (Å²) in [6.45, 7) is 11.0. The summed E-state index contributed by atoms with van der Waals surface area (Å²) in [5.41, 5.74) is 0.255. The van der Waals surface area contributed by atoms with Gasteiger partial charge in [0.15, 0.2) is 0 Å². The molecule has 0 aromatic carbocycles. The second-order valence-electron chi connectivity index (χ2n) is 10.1. The SMILES string of the molecule is C=CC(=O)NCCCCC(=O)OC1(CC(C)C)C2CC3CC1CC(C)(C3)C2. The summed E-state index contributed by atoms with van der Waals surface area (Å²) in [5, 5.41) is 2.76. The molecule has 4 aliphatic carbocycles. The molecule has 4 saturated carbocycles. The van der Waals surface area contributed by atoms with Crippen LogP contribution in [0.5, 0.6) is 0 Å². The average Bonchev–Trinajstić information content (AvgIpc) is 2.57. The fourth-order valence-electron chi connectivity index (χ4n) is 6.57. The van der Waals surface area contributed by atoms with Gasteiger partial charge in [-0.3, -0.25) is 9.59 Å². The van der Waals surface area contributed by atoms with Gasteiger partial charge < -0.3 is 10.1 Å². The van der Waals surface area contributed by atoms with Gasteiger partial charge in [0.2, 0.25) is 5.91 Å². The molecule has 4 heteroatoms. The second kappa shape index (κ2) is 7.97. The van der Waals surface area contributed by atoms with Gasteiger partial charge in [-0.25, -0.2) is 0 Å². The molecule has 1 amide bonds. The number of hydrogen-bond donors (Lipinski definition) is 1. The van der Waals surface area contributed by atoms with Crippen molar-refractivity contribution in [2.45, 2.75) is 84.2 Å². The molecule has 0 saturated heterocycles. The highest BCUT2D eigenvalue weighted by molar-refractivity contribution is 5.86. The van der Waals surface area contributed by atoms with Gasteiger partial charge in [0.05, 0.1) is 0 Å². The van der Waals surface area contributed by atoms with Gasteiger partial charge in [-0.2, -0.15) is 0 Å². The molecule has 4 bridgehead atoms. The lowest BCUT2D eigenvalue weighted by Gasteiger charge is -2.64. The van der Waals surface area contributed by atoms with Crippen LogP contribution < -0.4 is 5.32 Å². The van der Waals surface area contributed by atoms with Crippen LogP contribution in [0, 0.1) is 29.1 Å². The molecule has 0 spiro atoms. The van der Waals surface area contributed by atoms with Crippen molar-refractivity contribution in [1.82, 2.24) is 5.32 Å². The molecule has 2 unspecified atom stereocenters. The van der Waals surface area contributed by atoms with Crippen molar-refractivity contribution in [2.75, 3.05) is 6.54 Å². The Morgan fingerprint density at radius 1 is 1.19 bits per heavy atom. The van der Waals surface area contributed by atoms with Crippen LogP contribution in [0.2, 0.25) is 0 Å². The number of esters is 1. The number of rotatable bonds is 9. The van der Waals surface area contributed by atoms with Crippen molar-refractivity contribution in [3.8, 4) is 0 Å². The van der Waals surface area contributed by atoms with Gasteiger partial charge >= 0.3 is 5.97 Å². The molecular formula is C23H37NO3. The molecule has 0 heterocycles. The predicted octanol–water partition coefficient (Wildman–Crippen LogP) is 4.63. The van der Waals surface area contributed by atoms with Gasteiger partial charge in [-0.1, -0.05) is 27.4 Å². The first-order chi connectivity index (χ1) is 12.8. The Balaban J connectivity index is 1.58. The van der Waals surface area contributed by atoms with Crippen LogP contribution in [0.25, 0.3) is 0 Å². The normalized spacial score (nSPS) is 36.7. The molecule has 4 fully saturated rings. The summed E-state index contributed by atoms with van der Waals surface area (Å²) >= 11 is 0. The minimum Gasteiger partial charge on any atom is -0.458 e. The molecule has 2 atom stereocenters.